The van der Waals surface area contributed by atoms with E-state index in [1.165, 1.54) is 18.2 Å². The Kier molecular flexibility index (Phi) is 5.44. The van der Waals surface area contributed by atoms with Gasteiger partial charge in [0.2, 0.25) is 0 Å². The van der Waals surface area contributed by atoms with Crippen molar-refractivity contribution in [3.8, 4) is 0 Å². The van der Waals surface area contributed by atoms with E-state index >= 15 is 0 Å². The van der Waals surface area contributed by atoms with Crippen LogP contribution in [-0.4, -0.2) is 0 Å². The van der Waals surface area contributed by atoms with Gasteiger partial charge in [-0.3, -0.25) is 0 Å². The molecular formula is C15H12Cl3F2N. The quantitative estimate of drug-likeness (QED) is 0.690. The molecule has 2 aromatic rings. The normalized spacial score (nSPS) is 12.5. The van der Waals surface area contributed by atoms with E-state index in [-0.39, 0.29) is 12.1 Å². The molecule has 1 N–H and O–H groups in total. The van der Waals surface area contributed by atoms with Crippen LogP contribution in [0.5, 0.6) is 0 Å². The molecule has 0 aliphatic carbocycles. The van der Waals surface area contributed by atoms with E-state index in [4.69, 9.17) is 34.8 Å². The predicted octanol–water partition coefficient (Wildman–Crippen LogP) is 5.78. The topological polar surface area (TPSA) is 12.0 Å². The summed E-state index contributed by atoms with van der Waals surface area (Å²) in [7, 11) is 0. The third kappa shape index (κ3) is 3.67. The van der Waals surface area contributed by atoms with Crippen molar-refractivity contribution in [2.75, 3.05) is 0 Å². The summed E-state index contributed by atoms with van der Waals surface area (Å²) < 4.78 is 27.4. The molecule has 0 heterocycles. The van der Waals surface area contributed by atoms with Crippen LogP contribution < -0.4 is 5.32 Å². The van der Waals surface area contributed by atoms with E-state index in [1.54, 1.807) is 19.1 Å². The van der Waals surface area contributed by atoms with Crippen LogP contribution in [0.25, 0.3) is 0 Å². The zero-order valence-electron chi connectivity index (χ0n) is 11.1. The number of benzene rings is 2. The third-order valence-corrected chi connectivity index (χ3v) is 4.35. The minimum atomic E-state index is -0.599. The highest BCUT2D eigenvalue weighted by Crippen LogP contribution is 2.32. The maximum atomic E-state index is 13.7. The van der Waals surface area contributed by atoms with Crippen molar-refractivity contribution >= 4 is 34.8 Å². The van der Waals surface area contributed by atoms with Crippen molar-refractivity contribution in [1.29, 1.82) is 0 Å². The molecule has 1 atom stereocenters. The lowest BCUT2D eigenvalue weighted by molar-refractivity contribution is 0.487. The van der Waals surface area contributed by atoms with Gasteiger partial charge in [0, 0.05) is 28.7 Å². The molecule has 2 rings (SSSR count). The maximum Gasteiger partial charge on any atom is 0.130 e. The monoisotopic (exact) mass is 349 g/mol. The molecule has 0 saturated carbocycles. The lowest BCUT2D eigenvalue weighted by Gasteiger charge is -2.17. The van der Waals surface area contributed by atoms with E-state index in [1.807, 2.05) is 0 Å². The first-order valence-corrected chi connectivity index (χ1v) is 7.35. The minimum Gasteiger partial charge on any atom is -0.306 e. The van der Waals surface area contributed by atoms with Gasteiger partial charge in [-0.1, -0.05) is 40.9 Å². The van der Waals surface area contributed by atoms with E-state index in [0.29, 0.717) is 20.6 Å². The smallest absolute Gasteiger partial charge is 0.130 e. The molecule has 0 fully saturated rings. The van der Waals surface area contributed by atoms with Crippen molar-refractivity contribution in [1.82, 2.24) is 5.32 Å². The Balaban J connectivity index is 2.19. The molecule has 0 bridgehead atoms. The summed E-state index contributed by atoms with van der Waals surface area (Å²) in [5.74, 6) is -1.20. The Bertz CT molecular complexity index is 641. The van der Waals surface area contributed by atoms with Crippen molar-refractivity contribution in [3.05, 3.63) is 68.2 Å². The molecule has 6 heteroatoms. The second-order valence-corrected chi connectivity index (χ2v) is 5.75. The highest BCUT2D eigenvalue weighted by Gasteiger charge is 2.17. The second-order valence-electron chi connectivity index (χ2n) is 4.56. The van der Waals surface area contributed by atoms with Gasteiger partial charge in [-0.2, -0.15) is 0 Å². The van der Waals surface area contributed by atoms with Gasteiger partial charge < -0.3 is 5.32 Å². The average Bonchev–Trinajstić information content (AvgIpc) is 2.43. The zero-order chi connectivity index (χ0) is 15.6. The average molecular weight is 351 g/mol. The van der Waals surface area contributed by atoms with Crippen molar-refractivity contribution < 1.29 is 8.78 Å². The second kappa shape index (κ2) is 6.93. The first kappa shape index (κ1) is 16.5. The van der Waals surface area contributed by atoms with Crippen LogP contribution in [0.4, 0.5) is 8.78 Å². The summed E-state index contributed by atoms with van der Waals surface area (Å²) in [4.78, 5) is 0. The zero-order valence-corrected chi connectivity index (χ0v) is 13.3. The van der Waals surface area contributed by atoms with Gasteiger partial charge in [-0.25, -0.2) is 8.78 Å². The first-order chi connectivity index (χ1) is 9.91. The summed E-state index contributed by atoms with van der Waals surface area (Å²) in [6.45, 7) is 1.90. The Hall–Kier alpha value is -0.870. The first-order valence-electron chi connectivity index (χ1n) is 6.21. The van der Waals surface area contributed by atoms with E-state index < -0.39 is 17.7 Å². The van der Waals surface area contributed by atoms with Crippen LogP contribution in [0.15, 0.2) is 30.3 Å². The van der Waals surface area contributed by atoms with Crippen LogP contribution in [0.2, 0.25) is 15.1 Å². The van der Waals surface area contributed by atoms with Gasteiger partial charge in [-0.15, -0.1) is 0 Å². The summed E-state index contributed by atoms with van der Waals surface area (Å²) in [6, 6.07) is 6.44. The van der Waals surface area contributed by atoms with E-state index in [9.17, 15) is 8.78 Å². The number of halogens is 5. The molecule has 1 nitrogen and oxygen atoms in total. The highest BCUT2D eigenvalue weighted by atomic mass is 35.5. The fourth-order valence-electron chi connectivity index (χ4n) is 2.01. The molecule has 0 amide bonds. The minimum absolute atomic E-state index is 0.0215. The molecule has 1 unspecified atom stereocenters. The molecule has 0 saturated heterocycles. The summed E-state index contributed by atoms with van der Waals surface area (Å²) in [5.41, 5.74) is 0.571. The molecular weight excluding hydrogens is 339 g/mol. The maximum absolute atomic E-state index is 13.7. The largest absolute Gasteiger partial charge is 0.306 e. The predicted molar refractivity (Wildman–Crippen MR) is 83.1 cm³/mol. The fraction of sp³-hybridized carbons (Fsp3) is 0.200. The molecule has 0 aliphatic heterocycles. The highest BCUT2D eigenvalue weighted by molar-refractivity contribution is 6.44. The lowest BCUT2D eigenvalue weighted by Crippen LogP contribution is -2.20. The molecule has 21 heavy (non-hydrogen) atoms. The Morgan fingerprint density at radius 1 is 1.00 bits per heavy atom. The molecule has 0 aliphatic rings. The van der Waals surface area contributed by atoms with Crippen molar-refractivity contribution in [2.24, 2.45) is 0 Å². The fourth-order valence-corrected chi connectivity index (χ4v) is 2.69. The molecule has 112 valence electrons. The Labute approximate surface area is 136 Å². The van der Waals surface area contributed by atoms with E-state index in [0.717, 1.165) is 0 Å². The van der Waals surface area contributed by atoms with Crippen LogP contribution in [-0.2, 0) is 6.54 Å². The third-order valence-electron chi connectivity index (χ3n) is 3.16. The molecule has 0 aromatic heterocycles. The van der Waals surface area contributed by atoms with Gasteiger partial charge >= 0.3 is 0 Å². The van der Waals surface area contributed by atoms with Gasteiger partial charge in [0.1, 0.15) is 11.6 Å². The molecule has 0 radical (unpaired) electrons. The number of hydrogen-bond acceptors (Lipinski definition) is 1. The van der Waals surface area contributed by atoms with Gasteiger partial charge in [0.05, 0.1) is 10.0 Å². The Morgan fingerprint density at radius 2 is 1.57 bits per heavy atom. The summed E-state index contributed by atoms with van der Waals surface area (Å²) in [5, 5.41) is 4.15. The van der Waals surface area contributed by atoms with Gasteiger partial charge in [0.15, 0.2) is 0 Å². The summed E-state index contributed by atoms with van der Waals surface area (Å²) in [6.07, 6.45) is 0. The SMILES string of the molecule is CC(NCc1c(Cl)ccc(Cl)c1Cl)c1c(F)cccc1F. The van der Waals surface area contributed by atoms with Crippen LogP contribution in [0.1, 0.15) is 24.1 Å². The van der Waals surface area contributed by atoms with Crippen LogP contribution in [0, 0.1) is 11.6 Å². The number of rotatable bonds is 4. The molecule has 0 spiro atoms. The summed E-state index contributed by atoms with van der Waals surface area (Å²) >= 11 is 18.1. The van der Waals surface area contributed by atoms with Crippen LogP contribution >= 0.6 is 34.8 Å². The lowest BCUT2D eigenvalue weighted by atomic mass is 10.1. The van der Waals surface area contributed by atoms with Gasteiger partial charge in [-0.05, 0) is 31.2 Å². The standard InChI is InChI=1S/C15H12Cl3F2N/c1-8(14-12(19)3-2-4-13(14)20)21-7-9-10(16)5-6-11(17)15(9)18/h2-6,8,21H,7H2,1H3. The van der Waals surface area contributed by atoms with E-state index in [2.05, 4.69) is 5.32 Å². The molecule has 2 aromatic carbocycles. The Morgan fingerprint density at radius 3 is 2.19 bits per heavy atom. The van der Waals surface area contributed by atoms with Crippen LogP contribution in [0.3, 0.4) is 0 Å². The van der Waals surface area contributed by atoms with Crippen molar-refractivity contribution in [3.63, 3.8) is 0 Å². The van der Waals surface area contributed by atoms with Gasteiger partial charge in [0.25, 0.3) is 0 Å². The van der Waals surface area contributed by atoms with Crippen molar-refractivity contribution in [2.45, 2.75) is 19.5 Å². The number of nitrogens with one attached hydrogen (secondary N) is 1. The number of hydrogen-bond donors (Lipinski definition) is 1.